The summed E-state index contributed by atoms with van der Waals surface area (Å²) in [7, 11) is 1.58. The van der Waals surface area contributed by atoms with E-state index in [2.05, 4.69) is 0 Å². The van der Waals surface area contributed by atoms with Crippen molar-refractivity contribution < 1.29 is 13.6 Å². The fourth-order valence-electron chi connectivity index (χ4n) is 3.19. The minimum Gasteiger partial charge on any atom is -0.337 e. The molecule has 2 aromatic carbocycles. The van der Waals surface area contributed by atoms with Crippen molar-refractivity contribution in [2.45, 2.75) is 33.0 Å². The smallest absolute Gasteiger partial charge is 0.329 e. The Morgan fingerprint density at radius 2 is 1.70 bits per heavy atom. The Morgan fingerprint density at radius 1 is 1.07 bits per heavy atom. The van der Waals surface area contributed by atoms with Gasteiger partial charge in [-0.15, -0.1) is 0 Å². The van der Waals surface area contributed by atoms with E-state index in [4.69, 9.17) is 0 Å². The number of fused-ring (bicyclic) bond motifs is 1. The zero-order valence-corrected chi connectivity index (χ0v) is 15.4. The summed E-state index contributed by atoms with van der Waals surface area (Å²) < 4.78 is 29.7. The monoisotopic (exact) mass is 373 g/mol. The lowest BCUT2D eigenvalue weighted by atomic mass is 10.1. The van der Waals surface area contributed by atoms with Crippen LogP contribution >= 0.6 is 0 Å². The van der Waals surface area contributed by atoms with E-state index in [9.17, 15) is 18.4 Å². The van der Waals surface area contributed by atoms with Gasteiger partial charge in [-0.3, -0.25) is 13.9 Å². The lowest BCUT2D eigenvalue weighted by Crippen LogP contribution is -2.36. The van der Waals surface area contributed by atoms with Crippen molar-refractivity contribution in [3.05, 3.63) is 70.1 Å². The van der Waals surface area contributed by atoms with Crippen LogP contribution in [0, 0.1) is 11.6 Å². The number of para-hydroxylation sites is 2. The average Bonchev–Trinajstić information content (AvgIpc) is 2.94. The number of hydrogen-bond donors (Lipinski definition) is 0. The summed E-state index contributed by atoms with van der Waals surface area (Å²) >= 11 is 0. The number of likely N-dealkylation sites (N-methyl/N-ethyl adjacent to an activating group) is 1. The maximum atomic E-state index is 13.5. The molecule has 0 saturated carbocycles. The molecule has 1 aromatic heterocycles. The van der Waals surface area contributed by atoms with Crippen molar-refractivity contribution >= 4 is 16.9 Å². The van der Waals surface area contributed by atoms with Crippen LogP contribution < -0.4 is 5.69 Å². The molecular weight excluding hydrogens is 352 g/mol. The number of benzene rings is 2. The second-order valence-corrected chi connectivity index (χ2v) is 6.46. The zero-order valence-electron chi connectivity index (χ0n) is 15.4. The van der Waals surface area contributed by atoms with Crippen molar-refractivity contribution in [1.29, 1.82) is 0 Å². The lowest BCUT2D eigenvalue weighted by Gasteiger charge is -2.25. The van der Waals surface area contributed by atoms with Gasteiger partial charge in [0.05, 0.1) is 17.1 Å². The summed E-state index contributed by atoms with van der Waals surface area (Å²) in [6.07, 6.45) is 0. The summed E-state index contributed by atoms with van der Waals surface area (Å²) in [5.41, 5.74) is 1.69. The highest BCUT2D eigenvalue weighted by Crippen LogP contribution is 2.21. The fourth-order valence-corrected chi connectivity index (χ4v) is 3.19. The van der Waals surface area contributed by atoms with Crippen LogP contribution in [0.25, 0.3) is 11.0 Å². The first-order valence-corrected chi connectivity index (χ1v) is 8.73. The predicted molar refractivity (Wildman–Crippen MR) is 99.4 cm³/mol. The number of halogens is 2. The summed E-state index contributed by atoms with van der Waals surface area (Å²) in [6.45, 7) is 3.97. The van der Waals surface area contributed by atoms with E-state index in [1.807, 2.05) is 25.1 Å². The van der Waals surface area contributed by atoms with Crippen molar-refractivity contribution in [2.24, 2.45) is 0 Å². The van der Waals surface area contributed by atoms with Crippen molar-refractivity contribution in [3.63, 3.8) is 0 Å². The highest BCUT2D eigenvalue weighted by atomic mass is 19.2. The molecule has 0 bridgehead atoms. The summed E-state index contributed by atoms with van der Waals surface area (Å²) in [6, 6.07) is 10.4. The van der Waals surface area contributed by atoms with Gasteiger partial charge in [-0.25, -0.2) is 13.6 Å². The van der Waals surface area contributed by atoms with Gasteiger partial charge >= 0.3 is 5.69 Å². The van der Waals surface area contributed by atoms with Crippen LogP contribution in [0.2, 0.25) is 0 Å². The van der Waals surface area contributed by atoms with Crippen LogP contribution in [-0.2, 0) is 17.9 Å². The first kappa shape index (κ1) is 18.8. The maximum absolute atomic E-state index is 13.5. The number of carbonyl (C=O) groups is 1. The van der Waals surface area contributed by atoms with E-state index in [1.54, 1.807) is 24.6 Å². The second-order valence-electron chi connectivity index (χ2n) is 6.46. The minimum absolute atomic E-state index is 0.128. The van der Waals surface area contributed by atoms with Gasteiger partial charge in [0.15, 0.2) is 11.6 Å². The first-order valence-electron chi connectivity index (χ1n) is 8.73. The number of rotatable bonds is 5. The predicted octanol–water partition coefficient (Wildman–Crippen LogP) is 3.32. The van der Waals surface area contributed by atoms with E-state index in [-0.39, 0.29) is 18.1 Å². The SMILES string of the molecule is CCn1c(=O)n(CC(=O)N(C)C(C)c2ccc(F)c(F)c2)c2ccccc21. The molecule has 27 heavy (non-hydrogen) atoms. The average molecular weight is 373 g/mol. The largest absolute Gasteiger partial charge is 0.337 e. The quantitative estimate of drug-likeness (QED) is 0.689. The first-order chi connectivity index (χ1) is 12.8. The Balaban J connectivity index is 1.89. The molecule has 1 unspecified atom stereocenters. The number of nitrogens with zero attached hydrogens (tertiary/aromatic N) is 3. The molecule has 142 valence electrons. The van der Waals surface area contributed by atoms with Crippen LogP contribution in [0.5, 0.6) is 0 Å². The number of aryl methyl sites for hydroxylation is 1. The Labute approximate surface area is 155 Å². The van der Waals surface area contributed by atoms with E-state index < -0.39 is 17.7 Å². The van der Waals surface area contributed by atoms with Gasteiger partial charge in [0.25, 0.3) is 0 Å². The van der Waals surface area contributed by atoms with Crippen LogP contribution in [0.1, 0.15) is 25.5 Å². The van der Waals surface area contributed by atoms with Crippen molar-refractivity contribution in [3.8, 4) is 0 Å². The van der Waals surface area contributed by atoms with Crippen LogP contribution in [-0.4, -0.2) is 27.0 Å². The highest BCUT2D eigenvalue weighted by Gasteiger charge is 2.21. The molecule has 0 aliphatic heterocycles. The van der Waals surface area contributed by atoms with Gasteiger partial charge in [0, 0.05) is 13.6 Å². The number of carbonyl (C=O) groups excluding carboxylic acids is 1. The van der Waals surface area contributed by atoms with E-state index in [1.165, 1.54) is 15.5 Å². The Bertz CT molecular complexity index is 1060. The van der Waals surface area contributed by atoms with Gasteiger partial charge in [0.2, 0.25) is 5.91 Å². The zero-order chi connectivity index (χ0) is 19.7. The van der Waals surface area contributed by atoms with E-state index in [0.717, 1.165) is 17.6 Å². The minimum atomic E-state index is -0.956. The number of aromatic nitrogens is 2. The fraction of sp³-hybridized carbons (Fsp3) is 0.300. The van der Waals surface area contributed by atoms with Crippen molar-refractivity contribution in [2.75, 3.05) is 7.05 Å². The lowest BCUT2D eigenvalue weighted by molar-refractivity contribution is -0.132. The highest BCUT2D eigenvalue weighted by molar-refractivity contribution is 5.81. The summed E-state index contributed by atoms with van der Waals surface area (Å²) in [5.74, 6) is -2.19. The van der Waals surface area contributed by atoms with Gasteiger partial charge in [-0.1, -0.05) is 18.2 Å². The summed E-state index contributed by atoms with van der Waals surface area (Å²) in [4.78, 5) is 26.9. The molecular formula is C20H21F2N3O2. The van der Waals surface area contributed by atoms with Gasteiger partial charge in [0.1, 0.15) is 6.54 Å². The number of amides is 1. The van der Waals surface area contributed by atoms with Gasteiger partial charge in [-0.2, -0.15) is 0 Å². The standard InChI is InChI=1S/C20H21F2N3O2/c1-4-24-17-7-5-6-8-18(17)25(20(24)27)12-19(26)23(3)13(2)14-9-10-15(21)16(22)11-14/h5-11,13H,4,12H2,1-3H3. The van der Waals surface area contributed by atoms with Crippen LogP contribution in [0.3, 0.4) is 0 Å². The topological polar surface area (TPSA) is 47.2 Å². The Kier molecular flexibility index (Phi) is 5.12. The molecule has 0 fully saturated rings. The van der Waals surface area contributed by atoms with Crippen LogP contribution in [0.15, 0.2) is 47.3 Å². The molecule has 1 heterocycles. The Morgan fingerprint density at radius 3 is 2.30 bits per heavy atom. The molecule has 1 amide bonds. The third-order valence-corrected chi connectivity index (χ3v) is 4.94. The molecule has 0 radical (unpaired) electrons. The molecule has 0 aliphatic rings. The molecule has 0 N–H and O–H groups in total. The van der Waals surface area contributed by atoms with Gasteiger partial charge < -0.3 is 4.90 Å². The molecule has 5 nitrogen and oxygen atoms in total. The summed E-state index contributed by atoms with van der Waals surface area (Å²) in [5, 5.41) is 0. The number of hydrogen-bond acceptors (Lipinski definition) is 2. The normalized spacial score (nSPS) is 12.3. The van der Waals surface area contributed by atoms with Gasteiger partial charge in [-0.05, 0) is 43.7 Å². The molecule has 3 rings (SSSR count). The molecule has 0 saturated heterocycles. The number of imidazole rings is 1. The van der Waals surface area contributed by atoms with E-state index in [0.29, 0.717) is 17.6 Å². The molecule has 0 aliphatic carbocycles. The third kappa shape index (κ3) is 3.37. The van der Waals surface area contributed by atoms with Crippen molar-refractivity contribution in [1.82, 2.24) is 14.0 Å². The molecule has 7 heteroatoms. The molecule has 0 spiro atoms. The van der Waals surface area contributed by atoms with Crippen LogP contribution in [0.4, 0.5) is 8.78 Å². The molecule has 3 aromatic rings. The third-order valence-electron chi connectivity index (χ3n) is 4.94. The Hall–Kier alpha value is -2.96. The van der Waals surface area contributed by atoms with E-state index >= 15 is 0 Å². The molecule has 1 atom stereocenters. The maximum Gasteiger partial charge on any atom is 0.329 e. The second kappa shape index (κ2) is 7.34.